The van der Waals surface area contributed by atoms with Gasteiger partial charge in [0.2, 0.25) is 0 Å². The van der Waals surface area contributed by atoms with Crippen molar-refractivity contribution >= 4 is 28.4 Å². The van der Waals surface area contributed by atoms with Crippen molar-refractivity contribution in [1.29, 1.82) is 0 Å². The van der Waals surface area contributed by atoms with Crippen molar-refractivity contribution in [3.05, 3.63) is 33.4 Å². The molecule has 0 spiro atoms. The van der Waals surface area contributed by atoms with E-state index in [1.54, 1.807) is 0 Å². The minimum absolute atomic E-state index is 0.0255. The molecule has 2 atom stereocenters. The van der Waals surface area contributed by atoms with Crippen LogP contribution >= 0.6 is 22.6 Å². The molecule has 122 valence electrons. The van der Waals surface area contributed by atoms with E-state index in [4.69, 9.17) is 0 Å². The van der Waals surface area contributed by atoms with Crippen molar-refractivity contribution in [2.45, 2.75) is 66.2 Å². The Hall–Kier alpha value is -0.380. The van der Waals surface area contributed by atoms with Crippen LogP contribution < -0.4 is 0 Å². The molecule has 0 saturated heterocycles. The van der Waals surface area contributed by atoms with E-state index in [9.17, 15) is 4.79 Å². The molecule has 1 nitrogen and oxygen atoms in total. The Balaban J connectivity index is 0.000000160. The molecule has 2 unspecified atom stereocenters. The van der Waals surface area contributed by atoms with E-state index >= 15 is 0 Å². The number of carbonyl (C=O) groups is 1. The maximum atomic E-state index is 11.6. The molecule has 0 heterocycles. The third kappa shape index (κ3) is 3.13. The maximum absolute atomic E-state index is 11.6. The predicted octanol–water partition coefficient (Wildman–Crippen LogP) is 5.99. The van der Waals surface area contributed by atoms with Crippen molar-refractivity contribution in [2.24, 2.45) is 16.7 Å². The lowest BCUT2D eigenvalue weighted by molar-refractivity contribution is -0.128. The van der Waals surface area contributed by atoms with Gasteiger partial charge in [0.15, 0.2) is 0 Å². The maximum Gasteiger partial charge on any atom is 0.139 e. The highest BCUT2D eigenvalue weighted by atomic mass is 127. The van der Waals surface area contributed by atoms with Crippen molar-refractivity contribution in [2.75, 3.05) is 0 Å². The number of carbonyl (C=O) groups excluding carboxylic acids is 1. The van der Waals surface area contributed by atoms with Gasteiger partial charge in [0.25, 0.3) is 0 Å². The third-order valence-corrected chi connectivity index (χ3v) is 6.91. The molecule has 2 fully saturated rings. The number of halogens is 1. The van der Waals surface area contributed by atoms with Gasteiger partial charge < -0.3 is 0 Å². The second-order valence-electron chi connectivity index (χ2n) is 8.67. The summed E-state index contributed by atoms with van der Waals surface area (Å²) in [5.41, 5.74) is 1.99. The number of rotatable bonds is 0. The molecule has 2 heteroatoms. The van der Waals surface area contributed by atoms with Crippen molar-refractivity contribution < 1.29 is 4.79 Å². The van der Waals surface area contributed by atoms with E-state index in [1.165, 1.54) is 15.6 Å². The average molecular weight is 412 g/mol. The molecule has 3 rings (SSSR count). The molecule has 2 bridgehead atoms. The number of hydrogen-bond donors (Lipinski definition) is 0. The normalized spacial score (nSPS) is 29.2. The number of benzene rings is 1. The Morgan fingerprint density at radius 3 is 1.91 bits per heavy atom. The molecular weight excluding hydrogens is 383 g/mol. The van der Waals surface area contributed by atoms with Gasteiger partial charge in [0.1, 0.15) is 5.78 Å². The van der Waals surface area contributed by atoms with Gasteiger partial charge in [-0.3, -0.25) is 4.79 Å². The lowest BCUT2D eigenvalue weighted by Crippen LogP contribution is -2.32. The smallest absolute Gasteiger partial charge is 0.139 e. The number of hydrogen-bond acceptors (Lipinski definition) is 1. The number of ketones is 1. The van der Waals surface area contributed by atoms with Crippen LogP contribution in [0.3, 0.4) is 0 Å². The van der Waals surface area contributed by atoms with Crippen LogP contribution in [-0.4, -0.2) is 5.78 Å². The van der Waals surface area contributed by atoms with Gasteiger partial charge in [-0.1, -0.05) is 53.7 Å². The highest BCUT2D eigenvalue weighted by molar-refractivity contribution is 14.1. The van der Waals surface area contributed by atoms with E-state index < -0.39 is 0 Å². The minimum atomic E-state index is 0.0255. The molecule has 2 saturated carbocycles. The first-order valence-corrected chi connectivity index (χ1v) is 9.36. The van der Waals surface area contributed by atoms with E-state index in [1.807, 2.05) is 0 Å². The molecule has 1 aromatic carbocycles. The molecule has 0 aromatic heterocycles. The molecular formula is C20H29IO. The third-order valence-electron chi connectivity index (χ3n) is 6.19. The minimum Gasteiger partial charge on any atom is -0.299 e. The van der Waals surface area contributed by atoms with Gasteiger partial charge in [-0.15, -0.1) is 0 Å². The van der Waals surface area contributed by atoms with Crippen molar-refractivity contribution in [3.63, 3.8) is 0 Å². The standard InChI is InChI=1S/C10H13I.C10H16O/c1-10(2,3)8-4-6-9(11)7-5-8;1-9(2)7-4-5-10(9,3)8(11)6-7/h4-7H,1-3H3;7H,4-6H2,1-3H3. The summed E-state index contributed by atoms with van der Waals surface area (Å²) in [6.07, 6.45) is 3.25. The highest BCUT2D eigenvalue weighted by Gasteiger charge is 2.61. The largest absolute Gasteiger partial charge is 0.299 e. The molecule has 0 aliphatic heterocycles. The first-order chi connectivity index (χ1) is 9.98. The fourth-order valence-corrected chi connectivity index (χ4v) is 4.21. The zero-order valence-electron chi connectivity index (χ0n) is 14.8. The zero-order valence-corrected chi connectivity index (χ0v) is 17.0. The summed E-state index contributed by atoms with van der Waals surface area (Å²) in [5.74, 6) is 1.19. The Morgan fingerprint density at radius 1 is 1.09 bits per heavy atom. The van der Waals surface area contributed by atoms with Crippen LogP contribution in [0.15, 0.2) is 24.3 Å². The van der Waals surface area contributed by atoms with Gasteiger partial charge in [-0.25, -0.2) is 0 Å². The van der Waals surface area contributed by atoms with Crippen LogP contribution in [0.1, 0.15) is 66.4 Å². The number of fused-ring (bicyclic) bond motifs is 2. The quantitative estimate of drug-likeness (QED) is 0.479. The molecule has 22 heavy (non-hydrogen) atoms. The van der Waals surface area contributed by atoms with Crippen LogP contribution in [0.5, 0.6) is 0 Å². The summed E-state index contributed by atoms with van der Waals surface area (Å²) in [7, 11) is 0. The molecule has 0 amide bonds. The fourth-order valence-electron chi connectivity index (χ4n) is 3.85. The second-order valence-corrected chi connectivity index (χ2v) is 9.92. The van der Waals surface area contributed by atoms with Gasteiger partial charge in [0, 0.05) is 15.4 Å². The fraction of sp³-hybridized carbons (Fsp3) is 0.650. The Bertz CT molecular complexity index is 550. The Labute approximate surface area is 149 Å². The first kappa shape index (κ1) is 18.0. The Kier molecular flexibility index (Phi) is 4.83. The van der Waals surface area contributed by atoms with E-state index in [0.717, 1.165) is 12.8 Å². The second kappa shape index (κ2) is 5.92. The number of Topliss-reactive ketones (excluding diaryl/α,β-unsaturated/α-hetero) is 1. The summed E-state index contributed by atoms with van der Waals surface area (Å²) in [6, 6.07) is 8.70. The van der Waals surface area contributed by atoms with Crippen molar-refractivity contribution in [3.8, 4) is 0 Å². The summed E-state index contributed by atoms with van der Waals surface area (Å²) in [4.78, 5) is 11.6. The van der Waals surface area contributed by atoms with Gasteiger partial charge in [0.05, 0.1) is 0 Å². The molecule has 0 radical (unpaired) electrons. The van der Waals surface area contributed by atoms with Gasteiger partial charge >= 0.3 is 0 Å². The van der Waals surface area contributed by atoms with Crippen LogP contribution in [0.25, 0.3) is 0 Å². The van der Waals surface area contributed by atoms with Crippen LogP contribution in [0.4, 0.5) is 0 Å². The van der Waals surface area contributed by atoms with Gasteiger partial charge in [-0.2, -0.15) is 0 Å². The highest BCUT2D eigenvalue weighted by Crippen LogP contribution is 2.63. The van der Waals surface area contributed by atoms with Gasteiger partial charge in [-0.05, 0) is 69.9 Å². The molecule has 2 aliphatic rings. The molecule has 0 N–H and O–H groups in total. The predicted molar refractivity (Wildman–Crippen MR) is 102 cm³/mol. The van der Waals surface area contributed by atoms with Crippen LogP contribution in [0.2, 0.25) is 0 Å². The van der Waals surface area contributed by atoms with Crippen molar-refractivity contribution in [1.82, 2.24) is 0 Å². The van der Waals surface area contributed by atoms with E-state index in [0.29, 0.717) is 11.7 Å². The zero-order chi connectivity index (χ0) is 16.8. The van der Waals surface area contributed by atoms with E-state index in [-0.39, 0.29) is 16.2 Å². The SMILES string of the molecule is CC(C)(C)c1ccc(I)cc1.CC12CCC(CC1=O)C2(C)C. The first-order valence-electron chi connectivity index (χ1n) is 8.28. The summed E-state index contributed by atoms with van der Waals surface area (Å²) < 4.78 is 1.30. The molecule has 1 aromatic rings. The molecule has 2 aliphatic carbocycles. The monoisotopic (exact) mass is 412 g/mol. The topological polar surface area (TPSA) is 17.1 Å². The average Bonchev–Trinajstić information content (AvgIpc) is 2.72. The van der Waals surface area contributed by atoms with Crippen LogP contribution in [-0.2, 0) is 10.2 Å². The lowest BCUT2D eigenvalue weighted by Gasteiger charge is -2.32. The summed E-state index contributed by atoms with van der Waals surface area (Å²) >= 11 is 2.32. The summed E-state index contributed by atoms with van der Waals surface area (Å²) in [6.45, 7) is 13.4. The van der Waals surface area contributed by atoms with E-state index in [2.05, 4.69) is 88.4 Å². The lowest BCUT2D eigenvalue weighted by atomic mass is 9.70. The van der Waals surface area contributed by atoms with Crippen LogP contribution in [0, 0.1) is 20.3 Å². The Morgan fingerprint density at radius 2 is 1.64 bits per heavy atom. The summed E-state index contributed by atoms with van der Waals surface area (Å²) in [5, 5.41) is 0.